The van der Waals surface area contributed by atoms with Crippen molar-refractivity contribution in [3.05, 3.63) is 46.8 Å². The summed E-state index contributed by atoms with van der Waals surface area (Å²) in [5, 5.41) is 8.81. The molecule has 1 aliphatic heterocycles. The molecule has 2 aromatic heterocycles. The molecular formula is C19H21N5O3S. The van der Waals surface area contributed by atoms with Gasteiger partial charge in [-0.15, -0.1) is 10.2 Å². The van der Waals surface area contributed by atoms with Gasteiger partial charge in [0.05, 0.1) is 23.7 Å². The Morgan fingerprint density at radius 2 is 1.93 bits per heavy atom. The molecule has 0 unspecified atom stereocenters. The van der Waals surface area contributed by atoms with Crippen LogP contribution in [0.2, 0.25) is 0 Å². The molecule has 1 aliphatic rings. The summed E-state index contributed by atoms with van der Waals surface area (Å²) in [4.78, 5) is 29.2. The van der Waals surface area contributed by atoms with E-state index in [0.717, 1.165) is 5.56 Å². The Hall–Kier alpha value is -2.65. The van der Waals surface area contributed by atoms with E-state index in [-0.39, 0.29) is 29.4 Å². The summed E-state index contributed by atoms with van der Waals surface area (Å²) in [5.41, 5.74) is 1.32. The van der Waals surface area contributed by atoms with E-state index < -0.39 is 0 Å². The Labute approximate surface area is 165 Å². The second-order valence-corrected chi connectivity index (χ2v) is 7.81. The SMILES string of the molecule is C[C@H]1CN(C(=O)CSc2nnc3[nH]c(=O)cc(-c4ccccc4)n23)C[C@H](C)O1. The molecule has 0 saturated carbocycles. The van der Waals surface area contributed by atoms with Crippen molar-refractivity contribution >= 4 is 23.4 Å². The average molecular weight is 399 g/mol. The van der Waals surface area contributed by atoms with Crippen molar-refractivity contribution in [3.63, 3.8) is 0 Å². The number of benzene rings is 1. The number of hydrogen-bond donors (Lipinski definition) is 1. The molecule has 0 spiro atoms. The number of ether oxygens (including phenoxy) is 1. The summed E-state index contributed by atoms with van der Waals surface area (Å²) in [6.45, 7) is 5.12. The molecule has 8 nitrogen and oxygen atoms in total. The number of carbonyl (C=O) groups excluding carboxylic acids is 1. The summed E-state index contributed by atoms with van der Waals surface area (Å²) < 4.78 is 7.47. The van der Waals surface area contributed by atoms with E-state index in [4.69, 9.17) is 4.74 Å². The fourth-order valence-corrected chi connectivity index (χ4v) is 4.26. The zero-order chi connectivity index (χ0) is 19.7. The van der Waals surface area contributed by atoms with E-state index in [9.17, 15) is 9.59 Å². The predicted molar refractivity (Wildman–Crippen MR) is 106 cm³/mol. The van der Waals surface area contributed by atoms with Crippen molar-refractivity contribution in [2.75, 3.05) is 18.8 Å². The Balaban J connectivity index is 1.60. The van der Waals surface area contributed by atoms with Crippen LogP contribution < -0.4 is 5.56 Å². The number of aromatic nitrogens is 4. The number of rotatable bonds is 4. The second-order valence-electron chi connectivity index (χ2n) is 6.87. The van der Waals surface area contributed by atoms with E-state index in [1.54, 1.807) is 4.40 Å². The topological polar surface area (TPSA) is 92.6 Å². The maximum atomic E-state index is 12.7. The van der Waals surface area contributed by atoms with Crippen molar-refractivity contribution in [1.29, 1.82) is 0 Å². The van der Waals surface area contributed by atoms with Crippen molar-refractivity contribution in [1.82, 2.24) is 24.5 Å². The van der Waals surface area contributed by atoms with Gasteiger partial charge in [0.2, 0.25) is 11.7 Å². The summed E-state index contributed by atoms with van der Waals surface area (Å²) in [6.07, 6.45) is 0.0581. The van der Waals surface area contributed by atoms with E-state index in [1.807, 2.05) is 49.1 Å². The fourth-order valence-electron chi connectivity index (χ4n) is 3.42. The van der Waals surface area contributed by atoms with E-state index in [0.29, 0.717) is 29.7 Å². The van der Waals surface area contributed by atoms with Crippen LogP contribution in [0.15, 0.2) is 46.3 Å². The highest BCUT2D eigenvalue weighted by Gasteiger charge is 2.26. The Kier molecular flexibility index (Phi) is 5.19. The fraction of sp³-hybridized carbons (Fsp3) is 0.368. The molecule has 1 amide bonds. The molecule has 1 N–H and O–H groups in total. The number of H-pyrrole nitrogens is 1. The standard InChI is InChI=1S/C19H21N5O3S/c1-12-9-23(10-13(2)27-12)17(26)11-28-19-22-21-18-20-16(25)8-15(24(18)19)14-6-4-3-5-7-14/h3-8,12-13H,9-11H2,1-2H3,(H,20,21,25)/t12-,13-/m0/s1. The molecular weight excluding hydrogens is 378 g/mol. The zero-order valence-corrected chi connectivity index (χ0v) is 16.5. The van der Waals surface area contributed by atoms with Crippen LogP contribution in [0.25, 0.3) is 17.0 Å². The number of amides is 1. The monoisotopic (exact) mass is 399 g/mol. The molecule has 0 aliphatic carbocycles. The number of hydrogen-bond acceptors (Lipinski definition) is 6. The number of morpholine rings is 1. The lowest BCUT2D eigenvalue weighted by molar-refractivity contribution is -0.140. The summed E-state index contributed by atoms with van der Waals surface area (Å²) in [7, 11) is 0. The lowest BCUT2D eigenvalue weighted by Gasteiger charge is -2.35. The smallest absolute Gasteiger partial charge is 0.252 e. The highest BCUT2D eigenvalue weighted by atomic mass is 32.2. The van der Waals surface area contributed by atoms with Crippen LogP contribution in [0.4, 0.5) is 0 Å². The van der Waals surface area contributed by atoms with Crippen molar-refractivity contribution < 1.29 is 9.53 Å². The lowest BCUT2D eigenvalue weighted by atomic mass is 10.1. The van der Waals surface area contributed by atoms with Crippen LogP contribution >= 0.6 is 11.8 Å². The Bertz CT molecular complexity index is 1040. The third-order valence-corrected chi connectivity index (χ3v) is 5.46. The van der Waals surface area contributed by atoms with Crippen LogP contribution in [0.3, 0.4) is 0 Å². The van der Waals surface area contributed by atoms with Crippen LogP contribution in [-0.2, 0) is 9.53 Å². The summed E-state index contributed by atoms with van der Waals surface area (Å²) in [6, 6.07) is 11.1. The van der Waals surface area contributed by atoms with Crippen molar-refractivity contribution in [3.8, 4) is 11.3 Å². The molecule has 28 heavy (non-hydrogen) atoms. The predicted octanol–water partition coefficient (Wildman–Crippen LogP) is 1.81. The normalized spacial score (nSPS) is 19.9. The minimum Gasteiger partial charge on any atom is -0.372 e. The number of nitrogens with zero attached hydrogens (tertiary/aromatic N) is 4. The number of carbonyl (C=O) groups is 1. The number of aromatic amines is 1. The van der Waals surface area contributed by atoms with Crippen molar-refractivity contribution in [2.24, 2.45) is 0 Å². The van der Waals surface area contributed by atoms with Gasteiger partial charge in [-0.25, -0.2) is 0 Å². The Morgan fingerprint density at radius 3 is 2.64 bits per heavy atom. The van der Waals surface area contributed by atoms with Gasteiger partial charge < -0.3 is 9.64 Å². The molecule has 0 radical (unpaired) electrons. The first-order valence-corrected chi connectivity index (χ1v) is 10.1. The summed E-state index contributed by atoms with van der Waals surface area (Å²) >= 11 is 1.31. The first-order valence-electron chi connectivity index (χ1n) is 9.11. The highest BCUT2D eigenvalue weighted by molar-refractivity contribution is 7.99. The number of nitrogens with one attached hydrogen (secondary N) is 1. The Morgan fingerprint density at radius 1 is 1.21 bits per heavy atom. The quantitative estimate of drug-likeness (QED) is 0.673. The molecule has 1 fully saturated rings. The van der Waals surface area contributed by atoms with E-state index in [1.165, 1.54) is 17.8 Å². The molecule has 0 bridgehead atoms. The molecule has 4 rings (SSSR count). The van der Waals surface area contributed by atoms with E-state index in [2.05, 4.69) is 15.2 Å². The van der Waals surface area contributed by atoms with Gasteiger partial charge in [-0.3, -0.25) is 19.0 Å². The van der Waals surface area contributed by atoms with Gasteiger partial charge >= 0.3 is 0 Å². The third kappa shape index (κ3) is 3.81. The van der Waals surface area contributed by atoms with Crippen LogP contribution in [-0.4, -0.2) is 61.4 Å². The highest BCUT2D eigenvalue weighted by Crippen LogP contribution is 2.24. The maximum Gasteiger partial charge on any atom is 0.252 e. The van der Waals surface area contributed by atoms with Gasteiger partial charge in [0, 0.05) is 19.2 Å². The van der Waals surface area contributed by atoms with Gasteiger partial charge in [0.15, 0.2) is 5.16 Å². The second kappa shape index (κ2) is 7.76. The van der Waals surface area contributed by atoms with Gasteiger partial charge in [-0.1, -0.05) is 42.1 Å². The third-order valence-electron chi connectivity index (χ3n) is 4.54. The molecule has 1 aromatic carbocycles. The summed E-state index contributed by atoms with van der Waals surface area (Å²) in [5.74, 6) is 0.637. The number of thioether (sulfide) groups is 1. The maximum absolute atomic E-state index is 12.7. The number of fused-ring (bicyclic) bond motifs is 1. The largest absolute Gasteiger partial charge is 0.372 e. The minimum atomic E-state index is -0.248. The van der Waals surface area contributed by atoms with Gasteiger partial charge in [-0.05, 0) is 19.4 Å². The van der Waals surface area contributed by atoms with Crippen LogP contribution in [0.1, 0.15) is 13.8 Å². The lowest BCUT2D eigenvalue weighted by Crippen LogP contribution is -2.48. The molecule has 3 heterocycles. The first kappa shape index (κ1) is 18.7. The van der Waals surface area contributed by atoms with Gasteiger partial charge in [-0.2, -0.15) is 0 Å². The first-order chi connectivity index (χ1) is 13.5. The van der Waals surface area contributed by atoms with Crippen LogP contribution in [0, 0.1) is 0 Å². The molecule has 3 aromatic rings. The molecule has 9 heteroatoms. The molecule has 2 atom stereocenters. The van der Waals surface area contributed by atoms with E-state index >= 15 is 0 Å². The average Bonchev–Trinajstić information content (AvgIpc) is 3.08. The zero-order valence-electron chi connectivity index (χ0n) is 15.7. The molecule has 1 saturated heterocycles. The van der Waals surface area contributed by atoms with Gasteiger partial charge in [0.25, 0.3) is 5.56 Å². The molecule has 146 valence electrons. The van der Waals surface area contributed by atoms with Crippen molar-refractivity contribution in [2.45, 2.75) is 31.2 Å². The van der Waals surface area contributed by atoms with Crippen LogP contribution in [0.5, 0.6) is 0 Å². The minimum absolute atomic E-state index is 0.0291. The van der Waals surface area contributed by atoms with Gasteiger partial charge in [0.1, 0.15) is 0 Å².